The Morgan fingerprint density at radius 1 is 1.19 bits per heavy atom. The van der Waals surface area contributed by atoms with Gasteiger partial charge < -0.3 is 20.4 Å². The van der Waals surface area contributed by atoms with E-state index in [2.05, 4.69) is 0 Å². The van der Waals surface area contributed by atoms with Gasteiger partial charge in [-0.1, -0.05) is 18.2 Å². The Morgan fingerprint density at radius 2 is 1.93 bits per heavy atom. The van der Waals surface area contributed by atoms with E-state index in [1.165, 1.54) is 9.80 Å². The van der Waals surface area contributed by atoms with Gasteiger partial charge in [-0.3, -0.25) is 14.5 Å². The molecule has 1 aromatic carbocycles. The minimum absolute atomic E-state index is 0.0318. The van der Waals surface area contributed by atoms with Gasteiger partial charge in [0, 0.05) is 24.8 Å². The molecule has 4 rings (SSSR count). The summed E-state index contributed by atoms with van der Waals surface area (Å²) < 4.78 is 0. The van der Waals surface area contributed by atoms with Gasteiger partial charge in [0.1, 0.15) is 12.6 Å². The summed E-state index contributed by atoms with van der Waals surface area (Å²) in [5.41, 5.74) is 7.19. The Morgan fingerprint density at radius 3 is 2.67 bits per heavy atom. The second-order valence-corrected chi connectivity index (χ2v) is 7.15. The number of urea groups is 2. The highest BCUT2D eigenvalue weighted by atomic mass is 16.2. The number of fused-ring (bicyclic) bond motifs is 2. The van der Waals surface area contributed by atoms with Crippen LogP contribution in [0.5, 0.6) is 0 Å². The van der Waals surface area contributed by atoms with Crippen LogP contribution in [0.1, 0.15) is 12.5 Å². The molecule has 1 aromatic rings. The molecule has 6 amide bonds. The lowest BCUT2D eigenvalue weighted by Gasteiger charge is -2.34. The molecule has 0 aliphatic carbocycles. The van der Waals surface area contributed by atoms with E-state index in [0.29, 0.717) is 0 Å². The van der Waals surface area contributed by atoms with Crippen molar-refractivity contribution in [1.29, 1.82) is 0 Å². The van der Waals surface area contributed by atoms with E-state index < -0.39 is 24.0 Å². The fourth-order valence-corrected chi connectivity index (χ4v) is 4.16. The van der Waals surface area contributed by atoms with Gasteiger partial charge in [0.2, 0.25) is 5.91 Å². The van der Waals surface area contributed by atoms with Crippen molar-refractivity contribution in [3.05, 3.63) is 29.8 Å². The third-order valence-corrected chi connectivity index (χ3v) is 5.49. The Kier molecular flexibility index (Phi) is 4.01. The smallest absolute Gasteiger partial charge is 0.328 e. The Bertz CT molecular complexity index is 841. The van der Waals surface area contributed by atoms with Crippen LogP contribution in [0.25, 0.3) is 0 Å². The minimum atomic E-state index is -0.769. The number of hydrogen-bond donors (Lipinski definition) is 1. The van der Waals surface area contributed by atoms with Crippen molar-refractivity contribution in [1.82, 2.24) is 14.7 Å². The van der Waals surface area contributed by atoms with E-state index in [1.54, 1.807) is 4.90 Å². The first-order valence-electron chi connectivity index (χ1n) is 8.95. The van der Waals surface area contributed by atoms with E-state index in [9.17, 15) is 19.2 Å². The van der Waals surface area contributed by atoms with Gasteiger partial charge in [-0.25, -0.2) is 9.59 Å². The number of nitrogens with two attached hydrogens (primary N) is 1. The largest absolute Gasteiger partial charge is 0.351 e. The van der Waals surface area contributed by atoms with Gasteiger partial charge in [0.15, 0.2) is 0 Å². The van der Waals surface area contributed by atoms with Crippen LogP contribution in [0.2, 0.25) is 0 Å². The number of carbonyl (C=O) groups is 4. The first-order chi connectivity index (χ1) is 12.9. The van der Waals surface area contributed by atoms with E-state index in [-0.39, 0.29) is 38.1 Å². The van der Waals surface area contributed by atoms with Crippen molar-refractivity contribution in [2.24, 2.45) is 5.73 Å². The van der Waals surface area contributed by atoms with Crippen LogP contribution >= 0.6 is 0 Å². The number of para-hydroxylation sites is 1. The van der Waals surface area contributed by atoms with Crippen LogP contribution in [0.15, 0.2) is 24.3 Å². The van der Waals surface area contributed by atoms with Crippen LogP contribution in [-0.4, -0.2) is 76.8 Å². The number of amides is 6. The molecule has 3 heterocycles. The molecule has 0 saturated carbocycles. The number of hydrogen-bond acceptors (Lipinski definition) is 4. The van der Waals surface area contributed by atoms with E-state index in [4.69, 9.17) is 5.73 Å². The van der Waals surface area contributed by atoms with E-state index in [1.807, 2.05) is 31.2 Å². The van der Waals surface area contributed by atoms with Gasteiger partial charge in [-0.05, 0) is 25.0 Å². The first kappa shape index (κ1) is 17.3. The summed E-state index contributed by atoms with van der Waals surface area (Å²) in [4.78, 5) is 55.0. The number of anilines is 1. The van der Waals surface area contributed by atoms with Gasteiger partial charge in [0.25, 0.3) is 5.91 Å². The average molecular weight is 371 g/mol. The molecule has 0 radical (unpaired) electrons. The second kappa shape index (κ2) is 6.26. The number of nitrogens with zero attached hydrogens (tertiary/aromatic N) is 4. The monoisotopic (exact) mass is 371 g/mol. The SMILES string of the molecule is CC1Cc2ccccc2N1C(=O)CN1C(=O)C2CN(C(N)=O)CCN2C1=O. The summed E-state index contributed by atoms with van der Waals surface area (Å²) in [5, 5.41) is 0. The summed E-state index contributed by atoms with van der Waals surface area (Å²) >= 11 is 0. The lowest BCUT2D eigenvalue weighted by atomic mass is 10.1. The van der Waals surface area contributed by atoms with Crippen molar-refractivity contribution in [3.63, 3.8) is 0 Å². The quantitative estimate of drug-likeness (QED) is 0.738. The Hall–Kier alpha value is -3.10. The van der Waals surface area contributed by atoms with Crippen molar-refractivity contribution in [3.8, 4) is 0 Å². The van der Waals surface area contributed by atoms with Gasteiger partial charge >= 0.3 is 12.1 Å². The Labute approximate surface area is 156 Å². The molecule has 2 atom stereocenters. The third-order valence-electron chi connectivity index (χ3n) is 5.49. The number of piperazine rings is 1. The predicted molar refractivity (Wildman–Crippen MR) is 95.9 cm³/mol. The number of carbonyl (C=O) groups excluding carboxylic acids is 4. The average Bonchev–Trinajstić information content (AvgIpc) is 3.10. The maximum absolute atomic E-state index is 12.9. The highest BCUT2D eigenvalue weighted by molar-refractivity contribution is 6.09. The highest BCUT2D eigenvalue weighted by Gasteiger charge is 2.49. The lowest BCUT2D eigenvalue weighted by Crippen LogP contribution is -2.55. The van der Waals surface area contributed by atoms with Crippen molar-refractivity contribution in [2.45, 2.75) is 25.4 Å². The standard InChI is InChI=1S/C18H21N5O4/c1-11-8-12-4-2-3-5-13(12)23(11)15(24)10-22-16(25)14-9-20(17(19)26)6-7-21(14)18(22)27/h2-5,11,14H,6-10H2,1H3,(H2,19,26). The zero-order valence-corrected chi connectivity index (χ0v) is 15.0. The molecule has 27 heavy (non-hydrogen) atoms. The fourth-order valence-electron chi connectivity index (χ4n) is 4.16. The van der Waals surface area contributed by atoms with Gasteiger partial charge in [-0.15, -0.1) is 0 Å². The maximum atomic E-state index is 12.9. The lowest BCUT2D eigenvalue weighted by molar-refractivity contribution is -0.132. The summed E-state index contributed by atoms with van der Waals surface area (Å²) in [6, 6.07) is 5.74. The summed E-state index contributed by atoms with van der Waals surface area (Å²) in [5.74, 6) is -0.750. The molecule has 3 aliphatic rings. The second-order valence-electron chi connectivity index (χ2n) is 7.15. The fraction of sp³-hybridized carbons (Fsp3) is 0.444. The molecular weight excluding hydrogens is 350 g/mol. The molecule has 9 heteroatoms. The first-order valence-corrected chi connectivity index (χ1v) is 8.95. The Balaban J connectivity index is 1.52. The van der Waals surface area contributed by atoms with Gasteiger partial charge in [-0.2, -0.15) is 0 Å². The molecule has 2 saturated heterocycles. The van der Waals surface area contributed by atoms with Crippen LogP contribution < -0.4 is 10.6 Å². The number of benzene rings is 1. The van der Waals surface area contributed by atoms with E-state index >= 15 is 0 Å². The molecule has 0 aromatic heterocycles. The summed E-state index contributed by atoms with van der Waals surface area (Å²) in [6.45, 7) is 2.21. The van der Waals surface area contributed by atoms with Crippen molar-refractivity contribution in [2.75, 3.05) is 31.1 Å². The van der Waals surface area contributed by atoms with Crippen LogP contribution in [-0.2, 0) is 16.0 Å². The van der Waals surface area contributed by atoms with Crippen molar-refractivity contribution >= 4 is 29.6 Å². The maximum Gasteiger partial charge on any atom is 0.328 e. The molecule has 0 bridgehead atoms. The molecular formula is C18H21N5O4. The molecule has 9 nitrogen and oxygen atoms in total. The van der Waals surface area contributed by atoms with Crippen LogP contribution in [0.3, 0.4) is 0 Å². The number of imide groups is 1. The van der Waals surface area contributed by atoms with Crippen molar-refractivity contribution < 1.29 is 19.2 Å². The van der Waals surface area contributed by atoms with Gasteiger partial charge in [0.05, 0.1) is 6.54 Å². The molecule has 142 valence electrons. The van der Waals surface area contributed by atoms with Crippen LogP contribution in [0, 0.1) is 0 Å². The number of primary amides is 1. The topological polar surface area (TPSA) is 107 Å². The zero-order chi connectivity index (χ0) is 19.3. The minimum Gasteiger partial charge on any atom is -0.351 e. The summed E-state index contributed by atoms with van der Waals surface area (Å²) in [6.07, 6.45) is 0.742. The molecule has 2 fully saturated rings. The van der Waals surface area contributed by atoms with E-state index in [0.717, 1.165) is 22.6 Å². The third kappa shape index (κ3) is 2.70. The molecule has 3 aliphatic heterocycles. The number of rotatable bonds is 2. The normalized spacial score (nSPS) is 24.3. The predicted octanol–water partition coefficient (Wildman–Crippen LogP) is -0.00870. The zero-order valence-electron chi connectivity index (χ0n) is 15.0. The molecule has 2 unspecified atom stereocenters. The highest BCUT2D eigenvalue weighted by Crippen LogP contribution is 2.32. The summed E-state index contributed by atoms with van der Waals surface area (Å²) in [7, 11) is 0. The van der Waals surface area contributed by atoms with Crippen LogP contribution in [0.4, 0.5) is 15.3 Å². The molecule has 2 N–H and O–H groups in total. The molecule has 0 spiro atoms.